The minimum Gasteiger partial charge on any atom is -0.497 e. The first kappa shape index (κ1) is 15.7. The minimum absolute atomic E-state index is 0.0736. The van der Waals surface area contributed by atoms with Gasteiger partial charge in [-0.25, -0.2) is 0 Å². The monoisotopic (exact) mass is 300 g/mol. The largest absolute Gasteiger partial charge is 0.497 e. The smallest absolute Gasteiger partial charge is 0.224 e. The number of methoxy groups -OCH3 is 2. The van der Waals surface area contributed by atoms with Crippen LogP contribution in [0.5, 0.6) is 11.5 Å². The fourth-order valence-electron chi connectivity index (χ4n) is 2.25. The zero-order valence-corrected chi connectivity index (χ0v) is 13.0. The maximum atomic E-state index is 12.0. The third-order valence-electron chi connectivity index (χ3n) is 3.38. The van der Waals surface area contributed by atoms with E-state index < -0.39 is 0 Å². The molecule has 0 saturated carbocycles. The minimum atomic E-state index is -0.0736. The Morgan fingerprint density at radius 3 is 2.50 bits per heavy atom. The van der Waals surface area contributed by atoms with E-state index in [-0.39, 0.29) is 5.91 Å². The average Bonchev–Trinajstić information content (AvgIpc) is 2.52. The van der Waals surface area contributed by atoms with Crippen molar-refractivity contribution in [1.82, 2.24) is 0 Å². The van der Waals surface area contributed by atoms with Gasteiger partial charge in [-0.1, -0.05) is 6.07 Å². The molecule has 5 heteroatoms. The number of rotatable bonds is 5. The molecule has 0 spiro atoms. The molecule has 0 bridgehead atoms. The van der Waals surface area contributed by atoms with E-state index in [0.717, 1.165) is 11.3 Å². The summed E-state index contributed by atoms with van der Waals surface area (Å²) in [7, 11) is 3.20. The lowest BCUT2D eigenvalue weighted by Gasteiger charge is -2.23. The van der Waals surface area contributed by atoms with Crippen molar-refractivity contribution in [2.24, 2.45) is 0 Å². The topological polar surface area (TPSA) is 64.8 Å². The zero-order chi connectivity index (χ0) is 16.1. The van der Waals surface area contributed by atoms with Gasteiger partial charge in [0.1, 0.15) is 11.5 Å². The number of hydrogen-bond acceptors (Lipinski definition) is 4. The van der Waals surface area contributed by atoms with Gasteiger partial charge >= 0.3 is 0 Å². The van der Waals surface area contributed by atoms with Crippen molar-refractivity contribution in [2.75, 3.05) is 24.9 Å². The first-order valence-corrected chi connectivity index (χ1v) is 6.89. The molecule has 22 heavy (non-hydrogen) atoms. The van der Waals surface area contributed by atoms with Crippen LogP contribution in [0.4, 0.5) is 11.4 Å². The second-order valence-corrected chi connectivity index (χ2v) is 4.88. The van der Waals surface area contributed by atoms with Crippen LogP contribution in [0.1, 0.15) is 12.5 Å². The summed E-state index contributed by atoms with van der Waals surface area (Å²) >= 11 is 0. The second kappa shape index (κ2) is 6.85. The van der Waals surface area contributed by atoms with Gasteiger partial charge in [0.15, 0.2) is 0 Å². The molecule has 2 rings (SSSR count). The van der Waals surface area contributed by atoms with Crippen LogP contribution in [0.25, 0.3) is 0 Å². The summed E-state index contributed by atoms with van der Waals surface area (Å²) in [5.74, 6) is 1.35. The van der Waals surface area contributed by atoms with Crippen molar-refractivity contribution in [3.63, 3.8) is 0 Å². The Balaban J connectivity index is 2.38. The van der Waals surface area contributed by atoms with Gasteiger partial charge in [0, 0.05) is 23.9 Å². The van der Waals surface area contributed by atoms with Gasteiger partial charge in [-0.3, -0.25) is 4.79 Å². The number of hydrogen-bond donors (Lipinski definition) is 1. The molecule has 0 heterocycles. The predicted octanol–water partition coefficient (Wildman–Crippen LogP) is 2.84. The summed E-state index contributed by atoms with van der Waals surface area (Å²) in [6, 6.07) is 12.7. The first-order valence-electron chi connectivity index (χ1n) is 6.89. The molecule has 0 atom stereocenters. The molecule has 116 valence electrons. The van der Waals surface area contributed by atoms with Gasteiger partial charge in [0.2, 0.25) is 5.91 Å². The molecule has 0 saturated heterocycles. The van der Waals surface area contributed by atoms with Crippen molar-refractivity contribution in [3.8, 4) is 11.5 Å². The molecule has 2 aromatic carbocycles. The van der Waals surface area contributed by atoms with Crippen molar-refractivity contribution < 1.29 is 14.3 Å². The van der Waals surface area contributed by atoms with E-state index in [9.17, 15) is 4.79 Å². The highest BCUT2D eigenvalue weighted by Crippen LogP contribution is 2.28. The lowest BCUT2D eigenvalue weighted by atomic mass is 10.1. The average molecular weight is 300 g/mol. The molecule has 0 aromatic heterocycles. The lowest BCUT2D eigenvalue weighted by molar-refractivity contribution is -0.116. The normalized spacial score (nSPS) is 10.1. The van der Waals surface area contributed by atoms with Gasteiger partial charge in [-0.15, -0.1) is 0 Å². The molecular weight excluding hydrogens is 280 g/mol. The molecule has 0 aliphatic carbocycles. The highest BCUT2D eigenvalue weighted by atomic mass is 16.5. The molecular formula is C17H20N2O3. The molecule has 5 nitrogen and oxygen atoms in total. The zero-order valence-electron chi connectivity index (χ0n) is 13.0. The van der Waals surface area contributed by atoms with Gasteiger partial charge < -0.3 is 20.1 Å². The summed E-state index contributed by atoms with van der Waals surface area (Å²) in [5, 5.41) is 0. The third-order valence-corrected chi connectivity index (χ3v) is 3.38. The Bertz CT molecular complexity index is 671. The standard InChI is InChI=1S/C17H20N2O3/c1-12(20)19(15-6-4-5-14(18)10-15)11-13-9-16(21-2)7-8-17(13)22-3/h4-10H,11,18H2,1-3H3. The molecule has 0 radical (unpaired) electrons. The third kappa shape index (κ3) is 3.49. The van der Waals surface area contributed by atoms with Crippen LogP contribution in [0, 0.1) is 0 Å². The molecule has 0 aliphatic rings. The molecule has 0 aliphatic heterocycles. The summed E-state index contributed by atoms with van der Waals surface area (Å²) in [6.45, 7) is 1.90. The number of amides is 1. The number of nitrogens with zero attached hydrogens (tertiary/aromatic N) is 1. The SMILES string of the molecule is COc1ccc(OC)c(CN(C(C)=O)c2cccc(N)c2)c1. The summed E-state index contributed by atoms with van der Waals surface area (Å²) in [5.41, 5.74) is 8.03. The highest BCUT2D eigenvalue weighted by Gasteiger charge is 2.15. The lowest BCUT2D eigenvalue weighted by Crippen LogP contribution is -2.28. The summed E-state index contributed by atoms with van der Waals surface area (Å²) in [6.07, 6.45) is 0. The van der Waals surface area contributed by atoms with Gasteiger partial charge in [0.25, 0.3) is 0 Å². The van der Waals surface area contributed by atoms with Gasteiger partial charge in [-0.2, -0.15) is 0 Å². The van der Waals surface area contributed by atoms with Crippen LogP contribution in [0.2, 0.25) is 0 Å². The number of carbonyl (C=O) groups is 1. The second-order valence-electron chi connectivity index (χ2n) is 4.88. The number of carbonyl (C=O) groups excluding carboxylic acids is 1. The van der Waals surface area contributed by atoms with Crippen LogP contribution < -0.4 is 20.1 Å². The summed E-state index contributed by atoms with van der Waals surface area (Å²) < 4.78 is 10.6. The number of benzene rings is 2. The van der Waals surface area contributed by atoms with Crippen molar-refractivity contribution in [1.29, 1.82) is 0 Å². The highest BCUT2D eigenvalue weighted by molar-refractivity contribution is 5.92. The Morgan fingerprint density at radius 1 is 1.14 bits per heavy atom. The number of ether oxygens (including phenoxy) is 2. The number of anilines is 2. The Kier molecular flexibility index (Phi) is 4.88. The van der Waals surface area contributed by atoms with Crippen LogP contribution >= 0.6 is 0 Å². The van der Waals surface area contributed by atoms with E-state index >= 15 is 0 Å². The fraction of sp³-hybridized carbons (Fsp3) is 0.235. The predicted molar refractivity (Wildman–Crippen MR) is 87.3 cm³/mol. The molecule has 0 fully saturated rings. The number of nitrogen functional groups attached to an aromatic ring is 1. The maximum Gasteiger partial charge on any atom is 0.224 e. The van der Waals surface area contributed by atoms with Gasteiger partial charge in [0.05, 0.1) is 20.8 Å². The molecule has 0 unspecified atom stereocenters. The van der Waals surface area contributed by atoms with Crippen molar-refractivity contribution >= 4 is 17.3 Å². The van der Waals surface area contributed by atoms with E-state index in [1.165, 1.54) is 6.92 Å². The number of nitrogens with two attached hydrogens (primary N) is 1. The molecule has 2 N–H and O–H groups in total. The van der Waals surface area contributed by atoms with Crippen molar-refractivity contribution in [3.05, 3.63) is 48.0 Å². The van der Waals surface area contributed by atoms with Crippen LogP contribution in [-0.2, 0) is 11.3 Å². The Labute approximate surface area is 130 Å². The Morgan fingerprint density at radius 2 is 1.91 bits per heavy atom. The van der Waals surface area contributed by atoms with E-state index in [1.807, 2.05) is 30.3 Å². The summed E-state index contributed by atoms with van der Waals surface area (Å²) in [4.78, 5) is 13.7. The molecule has 1 amide bonds. The fourth-order valence-corrected chi connectivity index (χ4v) is 2.25. The van der Waals surface area contributed by atoms with Crippen molar-refractivity contribution in [2.45, 2.75) is 13.5 Å². The van der Waals surface area contributed by atoms with E-state index in [0.29, 0.717) is 23.7 Å². The van der Waals surface area contributed by atoms with Crippen LogP contribution in [0.15, 0.2) is 42.5 Å². The Hall–Kier alpha value is -2.69. The van der Waals surface area contributed by atoms with E-state index in [2.05, 4.69) is 0 Å². The van der Waals surface area contributed by atoms with Gasteiger partial charge in [-0.05, 0) is 36.4 Å². The molecule has 2 aromatic rings. The van der Waals surface area contributed by atoms with Crippen LogP contribution in [0.3, 0.4) is 0 Å². The maximum absolute atomic E-state index is 12.0. The van der Waals surface area contributed by atoms with E-state index in [4.69, 9.17) is 15.2 Å². The first-order chi connectivity index (χ1) is 10.5. The van der Waals surface area contributed by atoms with E-state index in [1.54, 1.807) is 31.3 Å². The quantitative estimate of drug-likeness (QED) is 0.862. The van der Waals surface area contributed by atoms with Crippen LogP contribution in [-0.4, -0.2) is 20.1 Å².